The van der Waals surface area contributed by atoms with Gasteiger partial charge in [-0.15, -0.1) is 0 Å². The van der Waals surface area contributed by atoms with Crippen LogP contribution in [0.4, 0.5) is 5.69 Å². The minimum absolute atomic E-state index is 0.696. The number of imidazole rings is 1. The molecule has 0 aliphatic heterocycles. The van der Waals surface area contributed by atoms with Crippen molar-refractivity contribution in [3.05, 3.63) is 47.0 Å². The van der Waals surface area contributed by atoms with Crippen LogP contribution in [0.25, 0.3) is 22.4 Å². The molecule has 0 saturated carbocycles. The van der Waals surface area contributed by atoms with Crippen LogP contribution >= 0.6 is 11.6 Å². The molecular formula is C14H12ClN3. The van der Waals surface area contributed by atoms with Crippen LogP contribution in [0.3, 0.4) is 0 Å². The van der Waals surface area contributed by atoms with E-state index in [9.17, 15) is 0 Å². The van der Waals surface area contributed by atoms with E-state index in [1.807, 2.05) is 43.3 Å². The largest absolute Gasteiger partial charge is 0.399 e. The Morgan fingerprint density at radius 2 is 2.00 bits per heavy atom. The number of hydrogen-bond donors (Lipinski definition) is 2. The van der Waals surface area contributed by atoms with Crippen LogP contribution in [0, 0.1) is 6.92 Å². The molecule has 0 atom stereocenters. The maximum atomic E-state index is 6.24. The Morgan fingerprint density at radius 3 is 2.78 bits per heavy atom. The number of benzene rings is 2. The van der Waals surface area contributed by atoms with Crippen molar-refractivity contribution >= 4 is 28.3 Å². The Hall–Kier alpha value is -2.00. The number of H-pyrrole nitrogens is 1. The highest BCUT2D eigenvalue weighted by Crippen LogP contribution is 2.28. The molecule has 90 valence electrons. The second kappa shape index (κ2) is 4.03. The van der Waals surface area contributed by atoms with Crippen LogP contribution in [0.1, 0.15) is 5.56 Å². The first kappa shape index (κ1) is 11.1. The molecule has 4 heteroatoms. The first-order chi connectivity index (χ1) is 8.63. The maximum Gasteiger partial charge on any atom is 0.139 e. The number of fused-ring (bicyclic) bond motifs is 1. The van der Waals surface area contributed by atoms with Crippen LogP contribution in [0.2, 0.25) is 5.02 Å². The molecule has 3 N–H and O–H groups in total. The van der Waals surface area contributed by atoms with Crippen molar-refractivity contribution in [2.75, 3.05) is 5.73 Å². The van der Waals surface area contributed by atoms with Crippen molar-refractivity contribution in [1.29, 1.82) is 0 Å². The Bertz CT molecular complexity index is 731. The number of hydrogen-bond acceptors (Lipinski definition) is 2. The van der Waals surface area contributed by atoms with Crippen molar-refractivity contribution in [2.45, 2.75) is 6.92 Å². The minimum Gasteiger partial charge on any atom is -0.399 e. The van der Waals surface area contributed by atoms with Crippen molar-refractivity contribution in [1.82, 2.24) is 9.97 Å². The highest BCUT2D eigenvalue weighted by molar-refractivity contribution is 6.33. The van der Waals surface area contributed by atoms with Gasteiger partial charge in [-0.3, -0.25) is 0 Å². The van der Waals surface area contributed by atoms with Gasteiger partial charge in [-0.1, -0.05) is 17.7 Å². The van der Waals surface area contributed by atoms with Crippen LogP contribution in [0.5, 0.6) is 0 Å². The fourth-order valence-corrected chi connectivity index (χ4v) is 2.29. The van der Waals surface area contributed by atoms with Gasteiger partial charge in [-0.25, -0.2) is 4.98 Å². The van der Waals surface area contributed by atoms with Gasteiger partial charge in [0, 0.05) is 11.3 Å². The van der Waals surface area contributed by atoms with Gasteiger partial charge in [-0.05, 0) is 42.8 Å². The number of halogens is 1. The lowest BCUT2D eigenvalue weighted by Gasteiger charge is -2.01. The van der Waals surface area contributed by atoms with E-state index in [0.29, 0.717) is 10.7 Å². The van der Waals surface area contributed by atoms with E-state index in [-0.39, 0.29) is 0 Å². The Morgan fingerprint density at radius 1 is 1.17 bits per heavy atom. The lowest BCUT2D eigenvalue weighted by molar-refractivity contribution is 1.33. The standard InChI is InChI=1S/C14H12ClN3/c1-8-2-4-10(11(15)6-8)14-17-12-5-3-9(16)7-13(12)18-14/h2-7H,16H2,1H3,(H,17,18). The topological polar surface area (TPSA) is 54.7 Å². The number of aromatic amines is 1. The molecule has 0 saturated heterocycles. The number of nitrogens with zero attached hydrogens (tertiary/aromatic N) is 1. The molecule has 1 heterocycles. The second-order valence-corrected chi connectivity index (χ2v) is 4.75. The van der Waals surface area contributed by atoms with Crippen LogP contribution < -0.4 is 5.73 Å². The molecular weight excluding hydrogens is 246 g/mol. The molecule has 0 radical (unpaired) electrons. The number of nitrogens with two attached hydrogens (primary N) is 1. The molecule has 0 aliphatic carbocycles. The highest BCUT2D eigenvalue weighted by Gasteiger charge is 2.09. The molecule has 0 aliphatic rings. The van der Waals surface area contributed by atoms with Crippen molar-refractivity contribution in [3.63, 3.8) is 0 Å². The zero-order chi connectivity index (χ0) is 12.7. The van der Waals surface area contributed by atoms with Gasteiger partial charge in [0.1, 0.15) is 5.82 Å². The summed E-state index contributed by atoms with van der Waals surface area (Å²) in [5.41, 5.74) is 10.3. The average molecular weight is 258 g/mol. The second-order valence-electron chi connectivity index (χ2n) is 4.35. The van der Waals surface area contributed by atoms with Crippen molar-refractivity contribution in [3.8, 4) is 11.4 Å². The summed E-state index contributed by atoms with van der Waals surface area (Å²) in [6.45, 7) is 2.01. The van der Waals surface area contributed by atoms with Crippen LogP contribution in [-0.4, -0.2) is 9.97 Å². The van der Waals surface area contributed by atoms with Gasteiger partial charge < -0.3 is 10.7 Å². The zero-order valence-electron chi connectivity index (χ0n) is 9.87. The lowest BCUT2D eigenvalue weighted by Crippen LogP contribution is -1.83. The predicted molar refractivity (Wildman–Crippen MR) is 75.7 cm³/mol. The van der Waals surface area contributed by atoms with E-state index in [0.717, 1.165) is 28.0 Å². The molecule has 0 fully saturated rings. The van der Waals surface area contributed by atoms with Gasteiger partial charge in [0.05, 0.1) is 16.1 Å². The Balaban J connectivity index is 2.19. The Kier molecular flexibility index (Phi) is 2.49. The average Bonchev–Trinajstić information content (AvgIpc) is 2.71. The summed E-state index contributed by atoms with van der Waals surface area (Å²) >= 11 is 6.24. The summed E-state index contributed by atoms with van der Waals surface area (Å²) in [6.07, 6.45) is 0. The van der Waals surface area contributed by atoms with Gasteiger partial charge in [0.2, 0.25) is 0 Å². The molecule has 2 aromatic carbocycles. The number of rotatable bonds is 1. The molecule has 0 spiro atoms. The molecule has 0 bridgehead atoms. The monoisotopic (exact) mass is 257 g/mol. The Labute approximate surface area is 110 Å². The van der Waals surface area contributed by atoms with Gasteiger partial charge in [-0.2, -0.15) is 0 Å². The van der Waals surface area contributed by atoms with Crippen molar-refractivity contribution in [2.24, 2.45) is 0 Å². The first-order valence-electron chi connectivity index (χ1n) is 5.65. The lowest BCUT2D eigenvalue weighted by atomic mass is 10.1. The van der Waals surface area contributed by atoms with Gasteiger partial charge >= 0.3 is 0 Å². The van der Waals surface area contributed by atoms with E-state index in [2.05, 4.69) is 9.97 Å². The number of nitrogens with one attached hydrogen (secondary N) is 1. The molecule has 3 nitrogen and oxygen atoms in total. The molecule has 18 heavy (non-hydrogen) atoms. The van der Waals surface area contributed by atoms with E-state index < -0.39 is 0 Å². The predicted octanol–water partition coefficient (Wildman–Crippen LogP) is 3.77. The molecule has 1 aromatic heterocycles. The molecule has 3 rings (SSSR count). The smallest absolute Gasteiger partial charge is 0.139 e. The van der Waals surface area contributed by atoms with Crippen molar-refractivity contribution < 1.29 is 0 Å². The fourth-order valence-electron chi connectivity index (χ4n) is 1.97. The van der Waals surface area contributed by atoms with E-state index in [4.69, 9.17) is 17.3 Å². The summed E-state index contributed by atoms with van der Waals surface area (Å²) in [4.78, 5) is 7.76. The normalized spacial score (nSPS) is 11.0. The third kappa shape index (κ3) is 1.83. The number of aryl methyl sites for hydroxylation is 1. The minimum atomic E-state index is 0.696. The van der Waals surface area contributed by atoms with E-state index in [1.54, 1.807) is 0 Å². The van der Waals surface area contributed by atoms with E-state index >= 15 is 0 Å². The van der Waals surface area contributed by atoms with Gasteiger partial charge in [0.25, 0.3) is 0 Å². The highest BCUT2D eigenvalue weighted by atomic mass is 35.5. The zero-order valence-corrected chi connectivity index (χ0v) is 10.6. The summed E-state index contributed by atoms with van der Waals surface area (Å²) in [5, 5.41) is 0.696. The maximum absolute atomic E-state index is 6.24. The van der Waals surface area contributed by atoms with Crippen LogP contribution in [-0.2, 0) is 0 Å². The summed E-state index contributed by atoms with van der Waals surface area (Å²) in [7, 11) is 0. The quantitative estimate of drug-likeness (QED) is 0.652. The summed E-state index contributed by atoms with van der Waals surface area (Å²) in [5.74, 6) is 0.764. The molecule has 0 amide bonds. The van der Waals surface area contributed by atoms with E-state index in [1.165, 1.54) is 0 Å². The molecule has 0 unspecified atom stereocenters. The number of anilines is 1. The fraction of sp³-hybridized carbons (Fsp3) is 0.0714. The van der Waals surface area contributed by atoms with Gasteiger partial charge in [0.15, 0.2) is 0 Å². The number of aromatic nitrogens is 2. The SMILES string of the molecule is Cc1ccc(-c2nc3ccc(N)cc3[nH]2)c(Cl)c1. The molecule has 3 aromatic rings. The first-order valence-corrected chi connectivity index (χ1v) is 6.03. The van der Waals surface area contributed by atoms with Crippen LogP contribution in [0.15, 0.2) is 36.4 Å². The number of nitrogen functional groups attached to an aromatic ring is 1. The third-order valence-electron chi connectivity index (χ3n) is 2.89. The summed E-state index contributed by atoms with van der Waals surface area (Å²) < 4.78 is 0. The summed E-state index contributed by atoms with van der Waals surface area (Å²) in [6, 6.07) is 11.5. The third-order valence-corrected chi connectivity index (χ3v) is 3.20.